The molecule has 0 spiro atoms. The molecule has 1 N–H and O–H groups in total. The lowest BCUT2D eigenvalue weighted by Gasteiger charge is -2.22. The number of carboxylic acid groups (broad SMARTS) is 1. The van der Waals surface area contributed by atoms with Gasteiger partial charge in [0.1, 0.15) is 0 Å². The van der Waals surface area contributed by atoms with E-state index in [-0.39, 0.29) is 6.29 Å². The van der Waals surface area contributed by atoms with Gasteiger partial charge in [-0.15, -0.1) is 0 Å². The minimum absolute atomic E-state index is 0.0713. The summed E-state index contributed by atoms with van der Waals surface area (Å²) in [5.74, 6) is 0.122. The monoisotopic (exact) mass is 396 g/mol. The predicted octanol–water partition coefficient (Wildman–Crippen LogP) is 6.88. The van der Waals surface area contributed by atoms with E-state index in [1.807, 2.05) is 0 Å². The third-order valence-electron chi connectivity index (χ3n) is 5.54. The Kier molecular flexibility index (Phi) is 16.3. The first-order chi connectivity index (χ1) is 13.7. The van der Waals surface area contributed by atoms with Crippen molar-refractivity contribution in [2.75, 3.05) is 13.2 Å². The Balaban J connectivity index is 1.78. The van der Waals surface area contributed by atoms with E-state index < -0.39 is 5.97 Å². The van der Waals surface area contributed by atoms with Crippen molar-refractivity contribution in [2.24, 2.45) is 5.92 Å². The first kappa shape index (κ1) is 25.2. The van der Waals surface area contributed by atoms with Crippen LogP contribution in [0, 0.1) is 5.92 Å². The molecule has 0 aliphatic carbocycles. The highest BCUT2D eigenvalue weighted by Crippen LogP contribution is 2.17. The summed E-state index contributed by atoms with van der Waals surface area (Å²) in [5, 5.41) is 8.59. The molecule has 1 rings (SSSR count). The van der Waals surface area contributed by atoms with Crippen molar-refractivity contribution in [1.29, 1.82) is 0 Å². The van der Waals surface area contributed by atoms with Crippen molar-refractivity contribution in [3.63, 3.8) is 0 Å². The van der Waals surface area contributed by atoms with Crippen LogP contribution in [-0.2, 0) is 14.3 Å². The third-order valence-corrected chi connectivity index (χ3v) is 5.54. The molecule has 2 atom stereocenters. The molecule has 28 heavy (non-hydrogen) atoms. The Hall–Kier alpha value is -0.870. The van der Waals surface area contributed by atoms with Crippen LogP contribution in [0.25, 0.3) is 0 Å². The smallest absolute Gasteiger partial charge is 0.303 e. The van der Waals surface area contributed by atoms with Gasteiger partial charge in [-0.3, -0.25) is 4.79 Å². The Labute approximate surface area is 173 Å². The SMILES string of the molecule is C[C@@H](CC/C=C/CCCCC(=O)O)CCCCCCCCOC1CCCCO1. The average Bonchev–Trinajstić information content (AvgIpc) is 2.69. The lowest BCUT2D eigenvalue weighted by molar-refractivity contribution is -0.162. The maximum Gasteiger partial charge on any atom is 0.303 e. The molecular weight excluding hydrogens is 352 g/mol. The second-order valence-electron chi connectivity index (χ2n) is 8.37. The molecule has 1 aliphatic rings. The Morgan fingerprint density at radius 1 is 1.00 bits per heavy atom. The molecule has 0 aromatic carbocycles. The number of hydrogen-bond acceptors (Lipinski definition) is 3. The van der Waals surface area contributed by atoms with Gasteiger partial charge in [0.25, 0.3) is 0 Å². The summed E-state index contributed by atoms with van der Waals surface area (Å²) >= 11 is 0. The predicted molar refractivity (Wildman–Crippen MR) is 116 cm³/mol. The van der Waals surface area contributed by atoms with Crippen LogP contribution in [0.1, 0.15) is 110 Å². The zero-order valence-corrected chi connectivity index (χ0v) is 18.2. The molecule has 0 radical (unpaired) electrons. The second kappa shape index (κ2) is 18.2. The van der Waals surface area contributed by atoms with Crippen LogP contribution in [0.3, 0.4) is 0 Å². The highest BCUT2D eigenvalue weighted by atomic mass is 16.7. The summed E-state index contributed by atoms with van der Waals surface area (Å²) in [6, 6.07) is 0. The van der Waals surface area contributed by atoms with Gasteiger partial charge in [-0.25, -0.2) is 0 Å². The minimum Gasteiger partial charge on any atom is -0.481 e. The first-order valence-electron chi connectivity index (χ1n) is 11.8. The number of ether oxygens (including phenoxy) is 2. The number of carboxylic acids is 1. The minimum atomic E-state index is -0.684. The maximum absolute atomic E-state index is 10.4. The zero-order chi connectivity index (χ0) is 20.3. The van der Waals surface area contributed by atoms with Crippen molar-refractivity contribution in [2.45, 2.75) is 116 Å². The number of rotatable bonds is 18. The van der Waals surface area contributed by atoms with Crippen molar-refractivity contribution < 1.29 is 19.4 Å². The van der Waals surface area contributed by atoms with Crippen LogP contribution in [0.5, 0.6) is 0 Å². The van der Waals surface area contributed by atoms with Gasteiger partial charge in [-0.1, -0.05) is 57.6 Å². The molecule has 0 amide bonds. The quantitative estimate of drug-likeness (QED) is 0.203. The standard InChI is InChI=1S/C24H44O4/c1-22(16-10-6-2-3-8-12-18-23(25)26)17-11-7-4-5-9-14-20-27-24-19-13-15-21-28-24/h2,6,22,24H,3-5,7-21H2,1H3,(H,25,26)/b6-2+/t22-,24?/m0/s1. The summed E-state index contributed by atoms with van der Waals surface area (Å²) in [6.45, 7) is 4.09. The van der Waals surface area contributed by atoms with Gasteiger partial charge in [0.05, 0.1) is 0 Å². The van der Waals surface area contributed by atoms with Gasteiger partial charge in [-0.05, 0) is 63.7 Å². The Morgan fingerprint density at radius 2 is 1.75 bits per heavy atom. The molecule has 1 heterocycles. The number of hydrogen-bond donors (Lipinski definition) is 1. The van der Waals surface area contributed by atoms with Crippen LogP contribution in [0.4, 0.5) is 0 Å². The van der Waals surface area contributed by atoms with Crippen LogP contribution in [0.2, 0.25) is 0 Å². The van der Waals surface area contributed by atoms with E-state index in [1.54, 1.807) is 0 Å². The molecule has 1 unspecified atom stereocenters. The second-order valence-corrected chi connectivity index (χ2v) is 8.37. The lowest BCUT2D eigenvalue weighted by Crippen LogP contribution is -2.22. The Bertz CT molecular complexity index is 388. The molecule has 1 aliphatic heterocycles. The summed E-state index contributed by atoms with van der Waals surface area (Å²) in [4.78, 5) is 10.4. The van der Waals surface area contributed by atoms with E-state index in [0.29, 0.717) is 6.42 Å². The first-order valence-corrected chi connectivity index (χ1v) is 11.8. The Morgan fingerprint density at radius 3 is 2.50 bits per heavy atom. The van der Waals surface area contributed by atoms with E-state index in [1.165, 1.54) is 64.2 Å². The molecule has 0 aromatic heterocycles. The number of allylic oxidation sites excluding steroid dienone is 2. The van der Waals surface area contributed by atoms with E-state index in [2.05, 4.69) is 19.1 Å². The molecule has 164 valence electrons. The summed E-state index contributed by atoms with van der Waals surface area (Å²) in [6.07, 6.45) is 22.8. The van der Waals surface area contributed by atoms with Crippen LogP contribution in [-0.4, -0.2) is 30.6 Å². The molecule has 0 bridgehead atoms. The molecule has 4 nitrogen and oxygen atoms in total. The summed E-state index contributed by atoms with van der Waals surface area (Å²) < 4.78 is 11.4. The van der Waals surface area contributed by atoms with E-state index in [4.69, 9.17) is 14.6 Å². The normalized spacial score (nSPS) is 18.5. The van der Waals surface area contributed by atoms with Crippen molar-refractivity contribution in [3.05, 3.63) is 12.2 Å². The highest BCUT2D eigenvalue weighted by molar-refractivity contribution is 5.66. The molecule has 0 saturated carbocycles. The van der Waals surface area contributed by atoms with Gasteiger partial charge in [0, 0.05) is 19.6 Å². The van der Waals surface area contributed by atoms with Crippen molar-refractivity contribution in [1.82, 2.24) is 0 Å². The van der Waals surface area contributed by atoms with Crippen LogP contribution >= 0.6 is 0 Å². The molecule has 1 fully saturated rings. The largest absolute Gasteiger partial charge is 0.481 e. The van der Waals surface area contributed by atoms with Gasteiger partial charge < -0.3 is 14.6 Å². The third kappa shape index (κ3) is 16.1. The van der Waals surface area contributed by atoms with Crippen molar-refractivity contribution in [3.8, 4) is 0 Å². The molecule has 4 heteroatoms. The van der Waals surface area contributed by atoms with Crippen LogP contribution in [0.15, 0.2) is 12.2 Å². The lowest BCUT2D eigenvalue weighted by atomic mass is 9.97. The maximum atomic E-state index is 10.4. The zero-order valence-electron chi connectivity index (χ0n) is 18.2. The van der Waals surface area contributed by atoms with Crippen molar-refractivity contribution >= 4 is 5.97 Å². The molecular formula is C24H44O4. The van der Waals surface area contributed by atoms with Gasteiger partial charge >= 0.3 is 5.97 Å². The number of aliphatic carboxylic acids is 1. The van der Waals surface area contributed by atoms with Gasteiger partial charge in [0.15, 0.2) is 6.29 Å². The fourth-order valence-electron chi connectivity index (χ4n) is 3.66. The number of unbranched alkanes of at least 4 members (excludes halogenated alkanes) is 7. The van der Waals surface area contributed by atoms with E-state index in [0.717, 1.165) is 51.2 Å². The molecule has 1 saturated heterocycles. The fourth-order valence-corrected chi connectivity index (χ4v) is 3.66. The highest BCUT2D eigenvalue weighted by Gasteiger charge is 2.13. The van der Waals surface area contributed by atoms with E-state index >= 15 is 0 Å². The van der Waals surface area contributed by atoms with E-state index in [9.17, 15) is 4.79 Å². The van der Waals surface area contributed by atoms with Gasteiger partial charge in [0.2, 0.25) is 0 Å². The van der Waals surface area contributed by atoms with Gasteiger partial charge in [-0.2, -0.15) is 0 Å². The fraction of sp³-hybridized carbons (Fsp3) is 0.875. The average molecular weight is 397 g/mol. The molecule has 0 aromatic rings. The summed E-state index contributed by atoms with van der Waals surface area (Å²) in [5.41, 5.74) is 0. The van der Waals surface area contributed by atoms with Crippen LogP contribution < -0.4 is 0 Å². The summed E-state index contributed by atoms with van der Waals surface area (Å²) in [7, 11) is 0. The number of carbonyl (C=O) groups is 1. The topological polar surface area (TPSA) is 55.8 Å².